The number of methoxy groups -OCH3 is 1. The van der Waals surface area contributed by atoms with Crippen molar-refractivity contribution in [2.75, 3.05) is 7.11 Å². The molecule has 21 heavy (non-hydrogen) atoms. The van der Waals surface area contributed by atoms with Gasteiger partial charge in [-0.1, -0.05) is 6.07 Å². The highest BCUT2D eigenvalue weighted by molar-refractivity contribution is 5.97. The highest BCUT2D eigenvalue weighted by atomic mass is 16.5. The van der Waals surface area contributed by atoms with Crippen molar-refractivity contribution in [3.63, 3.8) is 0 Å². The van der Waals surface area contributed by atoms with Gasteiger partial charge in [-0.15, -0.1) is 0 Å². The minimum atomic E-state index is -1.31. The maximum absolute atomic E-state index is 12.1. The zero-order valence-electron chi connectivity index (χ0n) is 11.5. The molecule has 7 nitrogen and oxygen atoms in total. The lowest BCUT2D eigenvalue weighted by molar-refractivity contribution is -0.147. The SMILES string of the molecule is COC(=O)C[C@H](NC(=O)c1ccc2c(c1)CNC2)C(=O)O. The van der Waals surface area contributed by atoms with Crippen LogP contribution >= 0.6 is 0 Å². The van der Waals surface area contributed by atoms with Gasteiger partial charge in [-0.25, -0.2) is 4.79 Å². The van der Waals surface area contributed by atoms with Gasteiger partial charge in [0.05, 0.1) is 13.5 Å². The summed E-state index contributed by atoms with van der Waals surface area (Å²) in [5.74, 6) is -2.50. The fraction of sp³-hybridized carbons (Fsp3) is 0.357. The zero-order chi connectivity index (χ0) is 15.4. The van der Waals surface area contributed by atoms with Crippen LogP contribution in [-0.4, -0.2) is 36.1 Å². The average Bonchev–Trinajstić information content (AvgIpc) is 2.93. The van der Waals surface area contributed by atoms with Crippen LogP contribution in [0.25, 0.3) is 0 Å². The number of carboxylic acid groups (broad SMARTS) is 1. The summed E-state index contributed by atoms with van der Waals surface area (Å²) < 4.78 is 4.42. The van der Waals surface area contributed by atoms with Crippen molar-refractivity contribution in [1.29, 1.82) is 0 Å². The first kappa shape index (κ1) is 15.0. The topological polar surface area (TPSA) is 105 Å². The molecule has 112 valence electrons. The van der Waals surface area contributed by atoms with Crippen LogP contribution in [0.5, 0.6) is 0 Å². The Kier molecular flexibility index (Phi) is 4.54. The van der Waals surface area contributed by atoms with Crippen LogP contribution in [0.2, 0.25) is 0 Å². The molecule has 0 radical (unpaired) electrons. The monoisotopic (exact) mass is 292 g/mol. The number of esters is 1. The molecule has 0 saturated carbocycles. The molecule has 0 aromatic heterocycles. The van der Waals surface area contributed by atoms with Gasteiger partial charge in [-0.05, 0) is 23.3 Å². The molecule has 1 heterocycles. The number of amides is 1. The van der Waals surface area contributed by atoms with E-state index in [2.05, 4.69) is 15.4 Å². The van der Waals surface area contributed by atoms with Crippen molar-refractivity contribution in [3.05, 3.63) is 34.9 Å². The van der Waals surface area contributed by atoms with E-state index in [0.29, 0.717) is 12.1 Å². The maximum Gasteiger partial charge on any atom is 0.326 e. The van der Waals surface area contributed by atoms with Crippen LogP contribution < -0.4 is 10.6 Å². The molecular weight excluding hydrogens is 276 g/mol. The van der Waals surface area contributed by atoms with Gasteiger partial charge in [0, 0.05) is 18.7 Å². The first-order chi connectivity index (χ1) is 10.0. The molecular formula is C14H16N2O5. The van der Waals surface area contributed by atoms with E-state index in [1.54, 1.807) is 12.1 Å². The van der Waals surface area contributed by atoms with Crippen molar-refractivity contribution in [3.8, 4) is 0 Å². The molecule has 1 aromatic carbocycles. The average molecular weight is 292 g/mol. The number of fused-ring (bicyclic) bond motifs is 1. The van der Waals surface area contributed by atoms with E-state index in [1.165, 1.54) is 0 Å². The Bertz CT molecular complexity index is 585. The number of rotatable bonds is 5. The number of hydrogen-bond acceptors (Lipinski definition) is 5. The Hall–Kier alpha value is -2.41. The molecule has 0 spiro atoms. The van der Waals surface area contributed by atoms with Gasteiger partial charge in [0.15, 0.2) is 0 Å². The van der Waals surface area contributed by atoms with Gasteiger partial charge in [0.25, 0.3) is 5.91 Å². The van der Waals surface area contributed by atoms with Gasteiger partial charge in [-0.2, -0.15) is 0 Å². The number of carbonyl (C=O) groups is 3. The lowest BCUT2D eigenvalue weighted by atomic mass is 10.1. The van der Waals surface area contributed by atoms with E-state index in [9.17, 15) is 14.4 Å². The molecule has 1 aromatic rings. The predicted molar refractivity (Wildman–Crippen MR) is 72.5 cm³/mol. The molecule has 7 heteroatoms. The number of carboxylic acids is 1. The van der Waals surface area contributed by atoms with E-state index in [1.807, 2.05) is 6.07 Å². The highest BCUT2D eigenvalue weighted by Crippen LogP contribution is 2.17. The molecule has 0 unspecified atom stereocenters. The van der Waals surface area contributed by atoms with Gasteiger partial charge in [0.1, 0.15) is 6.04 Å². The standard InChI is InChI=1S/C14H16N2O5/c1-21-12(17)5-11(14(19)20)16-13(18)8-2-3-9-6-15-7-10(9)4-8/h2-4,11,15H,5-7H2,1H3,(H,16,18)(H,19,20)/t11-/m0/s1. The Morgan fingerprint density at radius 1 is 1.33 bits per heavy atom. The minimum Gasteiger partial charge on any atom is -0.480 e. The van der Waals surface area contributed by atoms with Crippen LogP contribution in [-0.2, 0) is 27.4 Å². The summed E-state index contributed by atoms with van der Waals surface area (Å²) in [6.07, 6.45) is -0.413. The van der Waals surface area contributed by atoms with Crippen molar-refractivity contribution < 1.29 is 24.2 Å². The highest BCUT2D eigenvalue weighted by Gasteiger charge is 2.24. The smallest absolute Gasteiger partial charge is 0.326 e. The second-order valence-corrected chi connectivity index (χ2v) is 4.73. The second-order valence-electron chi connectivity index (χ2n) is 4.73. The van der Waals surface area contributed by atoms with Crippen LogP contribution in [0.3, 0.4) is 0 Å². The molecule has 1 aliphatic rings. The fourth-order valence-electron chi connectivity index (χ4n) is 2.13. The van der Waals surface area contributed by atoms with E-state index < -0.39 is 30.3 Å². The van der Waals surface area contributed by atoms with E-state index in [0.717, 1.165) is 24.8 Å². The van der Waals surface area contributed by atoms with E-state index in [-0.39, 0.29) is 0 Å². The van der Waals surface area contributed by atoms with Gasteiger partial charge >= 0.3 is 11.9 Å². The van der Waals surface area contributed by atoms with E-state index in [4.69, 9.17) is 5.11 Å². The van der Waals surface area contributed by atoms with Crippen LogP contribution in [0.4, 0.5) is 0 Å². The number of carbonyl (C=O) groups excluding carboxylic acids is 2. The van der Waals surface area contributed by atoms with Crippen molar-refractivity contribution in [2.24, 2.45) is 0 Å². The van der Waals surface area contributed by atoms with Gasteiger partial charge < -0.3 is 20.5 Å². The minimum absolute atomic E-state index is 0.369. The number of benzene rings is 1. The Morgan fingerprint density at radius 3 is 2.71 bits per heavy atom. The molecule has 1 aliphatic heterocycles. The third-order valence-corrected chi connectivity index (χ3v) is 3.30. The van der Waals surface area contributed by atoms with Crippen molar-refractivity contribution in [2.45, 2.75) is 25.6 Å². The molecule has 2 rings (SSSR count). The zero-order valence-corrected chi connectivity index (χ0v) is 11.5. The number of aliphatic carboxylic acids is 1. The summed E-state index contributed by atoms with van der Waals surface area (Å²) in [6.45, 7) is 1.44. The van der Waals surface area contributed by atoms with Crippen LogP contribution in [0.15, 0.2) is 18.2 Å². The van der Waals surface area contributed by atoms with Crippen molar-refractivity contribution >= 4 is 17.8 Å². The molecule has 0 aliphatic carbocycles. The second kappa shape index (κ2) is 6.36. The van der Waals surface area contributed by atoms with Gasteiger partial charge in [-0.3, -0.25) is 9.59 Å². The molecule has 0 fully saturated rings. The normalized spacial score (nSPS) is 14.1. The Labute approximate surface area is 121 Å². The van der Waals surface area contributed by atoms with E-state index >= 15 is 0 Å². The molecule has 0 saturated heterocycles. The third-order valence-electron chi connectivity index (χ3n) is 3.30. The summed E-state index contributed by atoms with van der Waals surface area (Å²) in [5.41, 5.74) is 2.51. The first-order valence-electron chi connectivity index (χ1n) is 6.44. The molecule has 3 N–H and O–H groups in total. The number of ether oxygens (including phenoxy) is 1. The lowest BCUT2D eigenvalue weighted by Crippen LogP contribution is -2.42. The largest absolute Gasteiger partial charge is 0.480 e. The summed E-state index contributed by atoms with van der Waals surface area (Å²) in [5, 5.41) is 14.5. The summed E-state index contributed by atoms with van der Waals surface area (Å²) in [7, 11) is 1.16. The number of nitrogens with one attached hydrogen (secondary N) is 2. The Morgan fingerprint density at radius 2 is 2.05 bits per heavy atom. The summed E-state index contributed by atoms with van der Waals surface area (Å²) >= 11 is 0. The lowest BCUT2D eigenvalue weighted by Gasteiger charge is -2.13. The fourth-order valence-corrected chi connectivity index (χ4v) is 2.13. The predicted octanol–water partition coefficient (Wildman–Crippen LogP) is 0.0359. The Balaban J connectivity index is 2.08. The molecule has 0 bridgehead atoms. The maximum atomic E-state index is 12.1. The van der Waals surface area contributed by atoms with Crippen LogP contribution in [0.1, 0.15) is 27.9 Å². The van der Waals surface area contributed by atoms with Gasteiger partial charge in [0.2, 0.25) is 0 Å². The quantitative estimate of drug-likeness (QED) is 0.662. The van der Waals surface area contributed by atoms with Crippen molar-refractivity contribution in [1.82, 2.24) is 10.6 Å². The van der Waals surface area contributed by atoms with Crippen LogP contribution in [0, 0.1) is 0 Å². The molecule has 1 atom stereocenters. The number of hydrogen-bond donors (Lipinski definition) is 3. The summed E-state index contributed by atoms with van der Waals surface area (Å²) in [6, 6.07) is 3.89. The summed E-state index contributed by atoms with van der Waals surface area (Å²) in [4.78, 5) is 34.3. The first-order valence-corrected chi connectivity index (χ1v) is 6.44. The molecule has 1 amide bonds. The third kappa shape index (κ3) is 3.57.